The molecule has 1 saturated heterocycles. The summed E-state index contributed by atoms with van der Waals surface area (Å²) < 4.78 is 0. The first-order chi connectivity index (χ1) is 12.9. The van der Waals surface area contributed by atoms with E-state index >= 15 is 0 Å². The maximum absolute atomic E-state index is 12.4. The Morgan fingerprint density at radius 2 is 1.89 bits per heavy atom. The van der Waals surface area contributed by atoms with Crippen LogP contribution in [0.2, 0.25) is 0 Å². The standard InChI is InChI=1S/C24H32N2O/c1-17-6-5-13-26(16-17)23-11-9-22(10-12-23)20(4)25-24(27)15-21-8-7-18(2)19(3)14-21/h7-12,14,17,20H,5-6,13,15-16H2,1-4H3,(H,25,27)/t17-,20-/m1/s1. The van der Waals surface area contributed by atoms with Crippen molar-refractivity contribution in [1.82, 2.24) is 5.32 Å². The van der Waals surface area contributed by atoms with Gasteiger partial charge in [-0.05, 0) is 73.9 Å². The molecule has 3 nitrogen and oxygen atoms in total. The Morgan fingerprint density at radius 1 is 1.15 bits per heavy atom. The molecule has 1 N–H and O–H groups in total. The van der Waals surface area contributed by atoms with Crippen molar-refractivity contribution in [1.29, 1.82) is 0 Å². The second kappa shape index (κ2) is 8.60. The molecule has 1 aliphatic rings. The molecule has 0 radical (unpaired) electrons. The first-order valence-electron chi connectivity index (χ1n) is 10.1. The van der Waals surface area contributed by atoms with Crippen molar-refractivity contribution < 1.29 is 4.79 Å². The number of nitrogens with zero attached hydrogens (tertiary/aromatic N) is 1. The molecule has 1 heterocycles. The molecule has 1 amide bonds. The molecule has 0 unspecified atom stereocenters. The quantitative estimate of drug-likeness (QED) is 0.813. The van der Waals surface area contributed by atoms with Crippen molar-refractivity contribution in [3.63, 3.8) is 0 Å². The average Bonchev–Trinajstić information content (AvgIpc) is 2.65. The van der Waals surface area contributed by atoms with Crippen LogP contribution >= 0.6 is 0 Å². The number of hydrogen-bond donors (Lipinski definition) is 1. The summed E-state index contributed by atoms with van der Waals surface area (Å²) in [7, 11) is 0. The van der Waals surface area contributed by atoms with Crippen LogP contribution in [0.1, 0.15) is 55.0 Å². The zero-order valence-corrected chi connectivity index (χ0v) is 17.1. The predicted molar refractivity (Wildman–Crippen MR) is 113 cm³/mol. The van der Waals surface area contributed by atoms with Gasteiger partial charge in [0.25, 0.3) is 0 Å². The van der Waals surface area contributed by atoms with Crippen molar-refractivity contribution in [2.45, 2.75) is 53.0 Å². The number of rotatable bonds is 5. The van der Waals surface area contributed by atoms with Gasteiger partial charge in [0.1, 0.15) is 0 Å². The van der Waals surface area contributed by atoms with E-state index in [0.29, 0.717) is 6.42 Å². The molecule has 0 aliphatic carbocycles. The topological polar surface area (TPSA) is 32.3 Å². The van der Waals surface area contributed by atoms with Crippen LogP contribution in [0.15, 0.2) is 42.5 Å². The van der Waals surface area contributed by atoms with Crippen molar-refractivity contribution >= 4 is 11.6 Å². The molecule has 2 aromatic carbocycles. The van der Waals surface area contributed by atoms with E-state index in [0.717, 1.165) is 30.1 Å². The second-order valence-corrected chi connectivity index (χ2v) is 8.17. The van der Waals surface area contributed by atoms with E-state index in [9.17, 15) is 4.79 Å². The van der Waals surface area contributed by atoms with Crippen molar-refractivity contribution in [2.24, 2.45) is 5.92 Å². The van der Waals surface area contributed by atoms with Crippen LogP contribution in [0, 0.1) is 19.8 Å². The smallest absolute Gasteiger partial charge is 0.224 e. The van der Waals surface area contributed by atoms with E-state index in [2.05, 4.69) is 74.3 Å². The Labute approximate surface area is 163 Å². The number of hydrogen-bond acceptors (Lipinski definition) is 2. The first-order valence-corrected chi connectivity index (χ1v) is 10.1. The van der Waals surface area contributed by atoms with E-state index in [4.69, 9.17) is 0 Å². The zero-order valence-electron chi connectivity index (χ0n) is 17.1. The van der Waals surface area contributed by atoms with E-state index in [1.165, 1.54) is 29.7 Å². The lowest BCUT2D eigenvalue weighted by molar-refractivity contribution is -0.121. The molecule has 0 bridgehead atoms. The molecule has 3 heteroatoms. The maximum Gasteiger partial charge on any atom is 0.224 e. The van der Waals surface area contributed by atoms with Gasteiger partial charge in [0.2, 0.25) is 5.91 Å². The maximum atomic E-state index is 12.4. The molecule has 1 fully saturated rings. The lowest BCUT2D eigenvalue weighted by atomic mass is 9.99. The summed E-state index contributed by atoms with van der Waals surface area (Å²) in [6.45, 7) is 10.8. The molecule has 3 rings (SSSR count). The highest BCUT2D eigenvalue weighted by atomic mass is 16.1. The van der Waals surface area contributed by atoms with E-state index in [1.807, 2.05) is 6.07 Å². The van der Waals surface area contributed by atoms with Crippen LogP contribution in [0.25, 0.3) is 0 Å². The number of benzene rings is 2. The monoisotopic (exact) mass is 364 g/mol. The third kappa shape index (κ3) is 5.12. The Hall–Kier alpha value is -2.29. The predicted octanol–water partition coefficient (Wildman–Crippen LogP) is 4.96. The SMILES string of the molecule is Cc1ccc(CC(=O)N[C@H](C)c2ccc(N3CCC[C@@H](C)C3)cc2)cc1C. The lowest BCUT2D eigenvalue weighted by Crippen LogP contribution is -2.34. The fraction of sp³-hybridized carbons (Fsp3) is 0.458. The third-order valence-electron chi connectivity index (χ3n) is 5.73. The normalized spacial score (nSPS) is 18.2. The summed E-state index contributed by atoms with van der Waals surface area (Å²) in [5.74, 6) is 0.835. The molecule has 2 aromatic rings. The number of amides is 1. The highest BCUT2D eigenvalue weighted by Gasteiger charge is 2.17. The van der Waals surface area contributed by atoms with Gasteiger partial charge in [-0.25, -0.2) is 0 Å². The highest BCUT2D eigenvalue weighted by molar-refractivity contribution is 5.79. The number of carbonyl (C=O) groups excluding carboxylic acids is 1. The fourth-order valence-corrected chi connectivity index (χ4v) is 3.87. The van der Waals surface area contributed by atoms with Gasteiger partial charge < -0.3 is 10.2 Å². The molecular formula is C24H32N2O. The lowest BCUT2D eigenvalue weighted by Gasteiger charge is -2.33. The molecule has 27 heavy (non-hydrogen) atoms. The van der Waals surface area contributed by atoms with Gasteiger partial charge in [0.15, 0.2) is 0 Å². The van der Waals surface area contributed by atoms with Gasteiger partial charge >= 0.3 is 0 Å². The molecule has 2 atom stereocenters. The third-order valence-corrected chi connectivity index (χ3v) is 5.73. The summed E-state index contributed by atoms with van der Waals surface area (Å²) in [5, 5.41) is 3.13. The summed E-state index contributed by atoms with van der Waals surface area (Å²) in [5.41, 5.74) is 6.00. The number of anilines is 1. The van der Waals surface area contributed by atoms with Gasteiger partial charge in [-0.2, -0.15) is 0 Å². The molecular weight excluding hydrogens is 332 g/mol. The molecule has 0 spiro atoms. The minimum atomic E-state index is 0.0124. The van der Waals surface area contributed by atoms with Crippen LogP contribution in [0.3, 0.4) is 0 Å². The van der Waals surface area contributed by atoms with E-state index in [-0.39, 0.29) is 11.9 Å². The zero-order chi connectivity index (χ0) is 19.4. The van der Waals surface area contributed by atoms with Crippen molar-refractivity contribution in [3.05, 3.63) is 64.7 Å². The van der Waals surface area contributed by atoms with Gasteiger partial charge in [0.05, 0.1) is 12.5 Å². The second-order valence-electron chi connectivity index (χ2n) is 8.17. The molecule has 144 valence electrons. The van der Waals surface area contributed by atoms with Crippen molar-refractivity contribution in [2.75, 3.05) is 18.0 Å². The van der Waals surface area contributed by atoms with Gasteiger partial charge in [-0.3, -0.25) is 4.79 Å². The van der Waals surface area contributed by atoms with Crippen molar-refractivity contribution in [3.8, 4) is 0 Å². The number of nitrogens with one attached hydrogen (secondary N) is 1. The number of piperidine rings is 1. The van der Waals surface area contributed by atoms with E-state index in [1.54, 1.807) is 0 Å². The van der Waals surface area contributed by atoms with Gasteiger partial charge in [0, 0.05) is 18.8 Å². The Morgan fingerprint density at radius 3 is 2.56 bits per heavy atom. The minimum absolute atomic E-state index is 0.0124. The average molecular weight is 365 g/mol. The Balaban J connectivity index is 1.57. The minimum Gasteiger partial charge on any atom is -0.371 e. The van der Waals surface area contributed by atoms with E-state index < -0.39 is 0 Å². The largest absolute Gasteiger partial charge is 0.371 e. The van der Waals surface area contributed by atoms with Crippen LogP contribution < -0.4 is 10.2 Å². The fourth-order valence-electron chi connectivity index (χ4n) is 3.87. The molecule has 0 aromatic heterocycles. The van der Waals surface area contributed by atoms with Gasteiger partial charge in [-0.15, -0.1) is 0 Å². The summed E-state index contributed by atoms with van der Waals surface area (Å²) in [4.78, 5) is 14.9. The summed E-state index contributed by atoms with van der Waals surface area (Å²) in [6, 6.07) is 14.9. The van der Waals surface area contributed by atoms with Crippen LogP contribution in [-0.2, 0) is 11.2 Å². The Bertz CT molecular complexity index is 781. The summed E-state index contributed by atoms with van der Waals surface area (Å²) in [6.07, 6.45) is 3.03. The molecule has 0 saturated carbocycles. The first kappa shape index (κ1) is 19.5. The van der Waals surface area contributed by atoms with Gasteiger partial charge in [-0.1, -0.05) is 37.3 Å². The van der Waals surface area contributed by atoms with Crippen LogP contribution in [0.5, 0.6) is 0 Å². The molecule has 1 aliphatic heterocycles. The number of aryl methyl sites for hydroxylation is 2. The Kier molecular flexibility index (Phi) is 6.20. The van der Waals surface area contributed by atoms with Crippen LogP contribution in [-0.4, -0.2) is 19.0 Å². The number of carbonyl (C=O) groups is 1. The summed E-state index contributed by atoms with van der Waals surface area (Å²) >= 11 is 0. The van der Waals surface area contributed by atoms with Crippen LogP contribution in [0.4, 0.5) is 5.69 Å². The highest BCUT2D eigenvalue weighted by Crippen LogP contribution is 2.24.